The first-order chi connectivity index (χ1) is 27.9. The number of amides is 1. The van der Waals surface area contributed by atoms with E-state index in [1.807, 2.05) is 4.98 Å². The summed E-state index contributed by atoms with van der Waals surface area (Å²) in [6.45, 7) is 0.168. The molecule has 6 heterocycles. The lowest BCUT2D eigenvalue weighted by Crippen LogP contribution is -2.38. The van der Waals surface area contributed by atoms with Crippen molar-refractivity contribution in [2.24, 2.45) is 0 Å². The van der Waals surface area contributed by atoms with Crippen molar-refractivity contribution < 1.29 is 54.8 Å². The number of ether oxygens (including phenoxy) is 2. The van der Waals surface area contributed by atoms with Gasteiger partial charge in [0.25, 0.3) is 11.5 Å². The molecule has 0 spiro atoms. The molecule has 3 aromatic heterocycles. The van der Waals surface area contributed by atoms with Gasteiger partial charge in [0.15, 0.2) is 41.8 Å². The number of phosphoric ester groups is 1. The minimum absolute atomic E-state index is 0.00949. The van der Waals surface area contributed by atoms with E-state index in [-0.39, 0.29) is 36.6 Å². The van der Waals surface area contributed by atoms with Crippen LogP contribution >= 0.6 is 14.5 Å². The van der Waals surface area contributed by atoms with Gasteiger partial charge in [-0.2, -0.15) is 5.26 Å². The molecule has 58 heavy (non-hydrogen) atoms. The van der Waals surface area contributed by atoms with Gasteiger partial charge in [-0.3, -0.25) is 41.8 Å². The zero-order chi connectivity index (χ0) is 41.0. The molecule has 0 radical (unpaired) electrons. The lowest BCUT2D eigenvalue weighted by Gasteiger charge is -2.29. The summed E-state index contributed by atoms with van der Waals surface area (Å²) in [5.74, 6) is -0.522. The summed E-state index contributed by atoms with van der Waals surface area (Å²) in [5, 5.41) is 11.8. The van der Waals surface area contributed by atoms with Gasteiger partial charge in [-0.25, -0.2) is 39.7 Å². The minimum atomic E-state index is -4.98. The number of nitrogens with zero attached hydrogens (tertiary/aromatic N) is 7. The fourth-order valence-electron chi connectivity index (χ4n) is 6.08. The standard InChI is InChI=1S/C32H31F2N9O12P2S/c1-36-10-13-49-57(58)51-15-20-22(33)25(31(53-20)43-17-39-24-27(37-16-38-28(24)43)41-29(45)18-6-3-2-4-7-18)54-56(47,48-12-5-9-35)50-14-19-23(34)26(55-57)30(52-19)42-11-8-21(44)40-32(42)46/h2-4,6-8,11,16-17,19-20,22-23,25-26,30-31H,5,10,12-15H2,(H,40,44,46)(H,37,38,41,45)/t19-,20-,22-,23-,25-,26-,30-,31-,56?,57?/m1/s1. The van der Waals surface area contributed by atoms with Crippen LogP contribution in [0.1, 0.15) is 29.2 Å². The van der Waals surface area contributed by atoms with E-state index >= 15 is 8.78 Å². The van der Waals surface area contributed by atoms with Gasteiger partial charge in [0.05, 0.1) is 38.6 Å². The van der Waals surface area contributed by atoms with Crippen LogP contribution in [0, 0.1) is 17.9 Å². The van der Waals surface area contributed by atoms with Crippen LogP contribution in [0.15, 0.2) is 64.8 Å². The number of H-pyrrole nitrogens is 1. The van der Waals surface area contributed by atoms with Crippen LogP contribution in [-0.4, -0.2) is 105 Å². The second kappa shape index (κ2) is 17.7. The fraction of sp³-hybridized carbons (Fsp3) is 0.438. The van der Waals surface area contributed by atoms with Crippen LogP contribution in [0.5, 0.6) is 0 Å². The number of nitrogens with one attached hydrogen (secondary N) is 2. The maximum atomic E-state index is 16.7. The van der Waals surface area contributed by atoms with Crippen molar-refractivity contribution in [3.63, 3.8) is 0 Å². The molecule has 10 atom stereocenters. The lowest BCUT2D eigenvalue weighted by molar-refractivity contribution is -0.0689. The van der Waals surface area contributed by atoms with Gasteiger partial charge >= 0.3 is 20.2 Å². The average molecular weight is 866 g/mol. The maximum Gasteiger partial charge on any atom is 0.475 e. The van der Waals surface area contributed by atoms with Gasteiger partial charge in [-0.1, -0.05) is 18.2 Å². The lowest BCUT2D eigenvalue weighted by atomic mass is 10.1. The Labute approximate surface area is 330 Å². The summed E-state index contributed by atoms with van der Waals surface area (Å²) in [7, 11) is -4.98. The number of carbonyl (C=O) groups excluding carboxylic acids is 1. The number of halogens is 2. The first kappa shape index (κ1) is 41.5. The third-order valence-electron chi connectivity index (χ3n) is 8.77. The number of nitriles is 1. The Bertz CT molecular complexity index is 2450. The van der Waals surface area contributed by atoms with E-state index in [0.29, 0.717) is 5.56 Å². The van der Waals surface area contributed by atoms with Crippen LogP contribution in [-0.2, 0) is 53.0 Å². The molecule has 0 saturated carbocycles. The summed E-state index contributed by atoms with van der Waals surface area (Å²) in [6, 6.07) is 11.0. The molecule has 306 valence electrons. The van der Waals surface area contributed by atoms with Gasteiger partial charge in [0, 0.05) is 17.8 Å². The largest absolute Gasteiger partial charge is 0.475 e. The molecule has 3 saturated heterocycles. The summed E-state index contributed by atoms with van der Waals surface area (Å²) in [4.78, 5) is 55.5. The third-order valence-corrected chi connectivity index (χ3v) is 12.6. The number of hydrogen-bond acceptors (Lipinski definition) is 17. The van der Waals surface area contributed by atoms with E-state index in [0.717, 1.165) is 23.2 Å². The van der Waals surface area contributed by atoms with Crippen LogP contribution in [0.2, 0.25) is 0 Å². The Kier molecular flexibility index (Phi) is 12.6. The molecule has 0 aliphatic carbocycles. The van der Waals surface area contributed by atoms with E-state index in [1.54, 1.807) is 36.4 Å². The monoisotopic (exact) mass is 865 g/mol. The minimum Gasteiger partial charge on any atom is -0.346 e. The molecule has 1 amide bonds. The number of fused-ring (bicyclic) bond motifs is 5. The Balaban J connectivity index is 1.25. The highest BCUT2D eigenvalue weighted by Gasteiger charge is 2.55. The van der Waals surface area contributed by atoms with Crippen molar-refractivity contribution >= 4 is 49.2 Å². The van der Waals surface area contributed by atoms with E-state index in [1.165, 1.54) is 10.9 Å². The van der Waals surface area contributed by atoms with E-state index in [4.69, 9.17) is 60.3 Å². The number of hydrogen-bond donors (Lipinski definition) is 2. The highest BCUT2D eigenvalue weighted by molar-refractivity contribution is 8.07. The highest BCUT2D eigenvalue weighted by atomic mass is 32.5. The SMILES string of the molecule is [C-]#[N+]CCOP1(=S)OC[C@H]2O[C@@H](n3cnc4c(NC(=O)c5ccccc5)ncnc43)[C@H](OP(=O)(OCCC#N)OC[C@H]3O[C@@H](n4ccc(=O)[nH]c4=O)[C@H](O1)[C@@H]3F)[C@@H]2F. The number of anilines is 1. The average Bonchev–Trinajstić information content (AvgIpc) is 3.86. The number of phosphoric acid groups is 1. The summed E-state index contributed by atoms with van der Waals surface area (Å²) in [5.41, 5.74) is -1.40. The third kappa shape index (κ3) is 8.83. The Hall–Kier alpha value is -4.68. The molecule has 3 fully saturated rings. The number of imidazole rings is 1. The van der Waals surface area contributed by atoms with Crippen molar-refractivity contribution in [2.45, 2.75) is 55.6 Å². The molecule has 7 rings (SSSR count). The van der Waals surface area contributed by atoms with Crippen LogP contribution in [0.25, 0.3) is 16.0 Å². The first-order valence-corrected chi connectivity index (χ1v) is 21.2. The molecule has 3 aliphatic heterocycles. The smallest absolute Gasteiger partial charge is 0.346 e. The van der Waals surface area contributed by atoms with Crippen molar-refractivity contribution in [3.05, 3.63) is 93.1 Å². The normalized spacial score (nSPS) is 31.2. The molecular formula is C32H31F2N9O12P2S. The van der Waals surface area contributed by atoms with Gasteiger partial charge in [0.2, 0.25) is 6.54 Å². The number of aromatic nitrogens is 6. The summed E-state index contributed by atoms with van der Waals surface area (Å²) < 4.78 is 95.6. The van der Waals surface area contributed by atoms with Crippen molar-refractivity contribution in [3.8, 4) is 6.07 Å². The van der Waals surface area contributed by atoms with Crippen LogP contribution in [0.3, 0.4) is 0 Å². The van der Waals surface area contributed by atoms with E-state index < -0.39 is 101 Å². The highest BCUT2D eigenvalue weighted by Crippen LogP contribution is 2.58. The molecule has 2 N–H and O–H groups in total. The summed E-state index contributed by atoms with van der Waals surface area (Å²) in [6.07, 6.45) is -11.7. The number of alkyl halides is 2. The number of benzene rings is 1. The predicted octanol–water partition coefficient (Wildman–Crippen LogP) is 3.12. The number of rotatable bonds is 10. The number of aromatic amines is 1. The number of carbonyl (C=O) groups is 1. The quantitative estimate of drug-likeness (QED) is 0.132. The molecule has 2 unspecified atom stereocenters. The molecule has 3 aliphatic rings. The van der Waals surface area contributed by atoms with Gasteiger partial charge in [-0.15, -0.1) is 0 Å². The van der Waals surface area contributed by atoms with Crippen LogP contribution in [0.4, 0.5) is 14.6 Å². The summed E-state index contributed by atoms with van der Waals surface area (Å²) >= 11 is 5.61. The molecule has 4 bridgehead atoms. The van der Waals surface area contributed by atoms with Crippen molar-refractivity contribution in [1.29, 1.82) is 5.26 Å². The maximum absolute atomic E-state index is 16.7. The Morgan fingerprint density at radius 2 is 1.72 bits per heavy atom. The predicted molar refractivity (Wildman–Crippen MR) is 196 cm³/mol. The zero-order valence-electron chi connectivity index (χ0n) is 29.6. The molecule has 21 nitrogen and oxygen atoms in total. The second-order valence-electron chi connectivity index (χ2n) is 12.5. The van der Waals surface area contributed by atoms with Crippen molar-refractivity contribution in [1.82, 2.24) is 29.1 Å². The van der Waals surface area contributed by atoms with Crippen molar-refractivity contribution in [2.75, 3.05) is 38.3 Å². The Morgan fingerprint density at radius 1 is 1.02 bits per heavy atom. The first-order valence-electron chi connectivity index (χ1n) is 17.2. The van der Waals surface area contributed by atoms with Gasteiger partial charge in [0.1, 0.15) is 37.4 Å². The van der Waals surface area contributed by atoms with Gasteiger partial charge in [-0.05, 0) is 23.9 Å². The molecule has 26 heteroatoms. The second-order valence-corrected chi connectivity index (χ2v) is 17.1. The molecule has 4 aromatic rings. The zero-order valence-corrected chi connectivity index (χ0v) is 32.3. The molecule has 1 aromatic carbocycles. The van der Waals surface area contributed by atoms with E-state index in [9.17, 15) is 18.9 Å². The van der Waals surface area contributed by atoms with E-state index in [2.05, 4.69) is 25.1 Å². The Morgan fingerprint density at radius 3 is 2.43 bits per heavy atom. The van der Waals surface area contributed by atoms with Gasteiger partial charge < -0.3 is 28.7 Å². The topological polar surface area (TPSA) is 247 Å². The molecular weight excluding hydrogens is 834 g/mol. The fourth-order valence-corrected chi connectivity index (χ4v) is 9.50. The van der Waals surface area contributed by atoms with Crippen LogP contribution < -0.4 is 16.6 Å².